The molecule has 0 saturated carbocycles. The molecule has 4 rings (SSSR count). The average Bonchev–Trinajstić information content (AvgIpc) is 3.36. The molecule has 0 spiro atoms. The first-order valence-electron chi connectivity index (χ1n) is 9.02. The number of hydrogen-bond acceptors (Lipinski definition) is 4. The fourth-order valence-electron chi connectivity index (χ4n) is 3.05. The molecular formula is C22H19N3O3. The summed E-state index contributed by atoms with van der Waals surface area (Å²) in [6, 6.07) is 17.1. The zero-order valence-corrected chi connectivity index (χ0v) is 15.2. The van der Waals surface area contributed by atoms with E-state index in [1.807, 2.05) is 41.2 Å². The third-order valence-electron chi connectivity index (χ3n) is 4.47. The number of ether oxygens (including phenoxy) is 1. The van der Waals surface area contributed by atoms with Gasteiger partial charge in [-0.15, -0.1) is 0 Å². The van der Waals surface area contributed by atoms with Crippen molar-refractivity contribution in [3.63, 3.8) is 0 Å². The van der Waals surface area contributed by atoms with Gasteiger partial charge in [0.1, 0.15) is 6.61 Å². The van der Waals surface area contributed by atoms with Crippen LogP contribution in [-0.2, 0) is 11.3 Å². The number of aromatic nitrogens is 2. The van der Waals surface area contributed by atoms with Crippen LogP contribution >= 0.6 is 0 Å². The Morgan fingerprint density at radius 2 is 2.00 bits per heavy atom. The molecule has 3 aromatic rings. The molecule has 1 amide bonds. The molecule has 1 aliphatic rings. The monoisotopic (exact) mass is 373 g/mol. The van der Waals surface area contributed by atoms with E-state index in [4.69, 9.17) is 4.74 Å². The maximum absolute atomic E-state index is 12.5. The number of carbonyl (C=O) groups excluding carboxylic acids is 2. The quantitative estimate of drug-likeness (QED) is 0.487. The third-order valence-corrected chi connectivity index (χ3v) is 4.47. The van der Waals surface area contributed by atoms with Gasteiger partial charge in [-0.25, -0.2) is 4.79 Å². The number of cyclic esters (lactones) is 1. The molecule has 0 radical (unpaired) electrons. The zero-order valence-electron chi connectivity index (χ0n) is 15.2. The maximum atomic E-state index is 12.5. The first-order valence-corrected chi connectivity index (χ1v) is 9.02. The highest BCUT2D eigenvalue weighted by molar-refractivity contribution is 6.07. The number of benzene rings is 2. The van der Waals surface area contributed by atoms with Crippen molar-refractivity contribution >= 4 is 23.6 Å². The van der Waals surface area contributed by atoms with Crippen LogP contribution in [0.2, 0.25) is 0 Å². The SMILES string of the molecule is O=C(/C=C/c1cnn(Cc2ccccc2)c1)c1cccc(N2CCOC2=O)c1. The number of rotatable bonds is 6. The number of allylic oxidation sites excluding steroid dienone is 1. The molecule has 0 N–H and O–H groups in total. The Labute approximate surface area is 162 Å². The molecule has 1 aromatic heterocycles. The smallest absolute Gasteiger partial charge is 0.414 e. The van der Waals surface area contributed by atoms with Crippen LogP contribution in [0.4, 0.5) is 10.5 Å². The Balaban J connectivity index is 1.44. The Bertz CT molecular complexity index is 1020. The molecule has 0 bridgehead atoms. The van der Waals surface area contributed by atoms with Crippen molar-refractivity contribution in [2.75, 3.05) is 18.1 Å². The number of anilines is 1. The molecule has 0 unspecified atom stereocenters. The van der Waals surface area contributed by atoms with Crippen LogP contribution in [0.5, 0.6) is 0 Å². The Kier molecular flexibility index (Phi) is 5.01. The van der Waals surface area contributed by atoms with Crippen molar-refractivity contribution in [2.24, 2.45) is 0 Å². The highest BCUT2D eigenvalue weighted by Gasteiger charge is 2.23. The molecular weight excluding hydrogens is 354 g/mol. The molecule has 1 aliphatic heterocycles. The zero-order chi connectivity index (χ0) is 19.3. The fourth-order valence-corrected chi connectivity index (χ4v) is 3.05. The predicted molar refractivity (Wildman–Crippen MR) is 106 cm³/mol. The van der Waals surface area contributed by atoms with Crippen molar-refractivity contribution in [3.05, 3.63) is 89.8 Å². The minimum Gasteiger partial charge on any atom is -0.447 e. The third kappa shape index (κ3) is 4.01. The lowest BCUT2D eigenvalue weighted by Crippen LogP contribution is -2.23. The summed E-state index contributed by atoms with van der Waals surface area (Å²) >= 11 is 0. The van der Waals surface area contributed by atoms with E-state index >= 15 is 0 Å². The summed E-state index contributed by atoms with van der Waals surface area (Å²) in [4.78, 5) is 25.7. The molecule has 28 heavy (non-hydrogen) atoms. The van der Waals surface area contributed by atoms with E-state index in [1.54, 1.807) is 36.5 Å². The highest BCUT2D eigenvalue weighted by atomic mass is 16.6. The van der Waals surface area contributed by atoms with E-state index in [2.05, 4.69) is 5.10 Å². The predicted octanol–water partition coefficient (Wildman–Crippen LogP) is 3.78. The van der Waals surface area contributed by atoms with Crippen LogP contribution in [0.25, 0.3) is 6.08 Å². The molecule has 140 valence electrons. The lowest BCUT2D eigenvalue weighted by molar-refractivity contribution is 0.104. The summed E-state index contributed by atoms with van der Waals surface area (Å²) in [6.45, 7) is 1.54. The minimum absolute atomic E-state index is 0.134. The summed E-state index contributed by atoms with van der Waals surface area (Å²) in [5.41, 5.74) is 3.19. The summed E-state index contributed by atoms with van der Waals surface area (Å²) in [5.74, 6) is -0.134. The van der Waals surface area contributed by atoms with Crippen LogP contribution < -0.4 is 4.90 Å². The Morgan fingerprint density at radius 3 is 2.79 bits per heavy atom. The van der Waals surface area contributed by atoms with Crippen molar-refractivity contribution < 1.29 is 14.3 Å². The first kappa shape index (κ1) is 17.7. The van der Waals surface area contributed by atoms with E-state index < -0.39 is 0 Å². The van der Waals surface area contributed by atoms with Crippen molar-refractivity contribution in [2.45, 2.75) is 6.54 Å². The van der Waals surface area contributed by atoms with Gasteiger partial charge in [-0.2, -0.15) is 5.10 Å². The van der Waals surface area contributed by atoms with Crippen LogP contribution in [0, 0.1) is 0 Å². The van der Waals surface area contributed by atoms with Gasteiger partial charge in [0, 0.05) is 23.0 Å². The standard InChI is InChI=1S/C22H19N3O3/c26-21(19-7-4-8-20(13-19)25-11-12-28-22(25)27)10-9-18-14-23-24(16-18)15-17-5-2-1-3-6-17/h1-10,13-14,16H,11-12,15H2/b10-9+. The second-order valence-corrected chi connectivity index (χ2v) is 6.47. The van der Waals surface area contributed by atoms with Crippen molar-refractivity contribution in [1.29, 1.82) is 0 Å². The number of hydrogen-bond donors (Lipinski definition) is 0. The molecule has 2 aromatic carbocycles. The van der Waals surface area contributed by atoms with E-state index in [0.29, 0.717) is 30.9 Å². The number of amides is 1. The molecule has 0 atom stereocenters. The number of ketones is 1. The average molecular weight is 373 g/mol. The molecule has 6 heteroatoms. The van der Waals surface area contributed by atoms with E-state index in [-0.39, 0.29) is 11.9 Å². The van der Waals surface area contributed by atoms with Gasteiger partial charge in [0.05, 0.1) is 19.3 Å². The van der Waals surface area contributed by atoms with Crippen LogP contribution in [0.3, 0.4) is 0 Å². The van der Waals surface area contributed by atoms with Gasteiger partial charge in [-0.3, -0.25) is 14.4 Å². The summed E-state index contributed by atoms with van der Waals surface area (Å²) in [6.07, 6.45) is 6.50. The first-order chi connectivity index (χ1) is 13.7. The fraction of sp³-hybridized carbons (Fsp3) is 0.136. The summed E-state index contributed by atoms with van der Waals surface area (Å²) in [5, 5.41) is 4.33. The van der Waals surface area contributed by atoms with Gasteiger partial charge >= 0.3 is 6.09 Å². The molecule has 6 nitrogen and oxygen atoms in total. The molecule has 0 aliphatic carbocycles. The lowest BCUT2D eigenvalue weighted by atomic mass is 10.1. The number of carbonyl (C=O) groups is 2. The normalized spacial score (nSPS) is 13.9. The largest absolute Gasteiger partial charge is 0.447 e. The summed E-state index contributed by atoms with van der Waals surface area (Å²) < 4.78 is 6.78. The van der Waals surface area contributed by atoms with Gasteiger partial charge in [0.2, 0.25) is 0 Å². The second kappa shape index (κ2) is 7.92. The van der Waals surface area contributed by atoms with Crippen LogP contribution in [0.1, 0.15) is 21.5 Å². The lowest BCUT2D eigenvalue weighted by Gasteiger charge is -2.13. The minimum atomic E-state index is -0.383. The van der Waals surface area contributed by atoms with Gasteiger partial charge in [-0.05, 0) is 29.8 Å². The van der Waals surface area contributed by atoms with Gasteiger partial charge in [0.15, 0.2) is 5.78 Å². The summed E-state index contributed by atoms with van der Waals surface area (Å²) in [7, 11) is 0. The van der Waals surface area contributed by atoms with Crippen LogP contribution in [0.15, 0.2) is 73.1 Å². The van der Waals surface area contributed by atoms with Crippen molar-refractivity contribution in [3.8, 4) is 0 Å². The Hall–Kier alpha value is -3.67. The number of nitrogens with zero attached hydrogens (tertiary/aromatic N) is 3. The van der Waals surface area contributed by atoms with E-state index in [9.17, 15) is 9.59 Å². The van der Waals surface area contributed by atoms with E-state index in [1.165, 1.54) is 11.0 Å². The van der Waals surface area contributed by atoms with Gasteiger partial charge in [0.25, 0.3) is 0 Å². The highest BCUT2D eigenvalue weighted by Crippen LogP contribution is 2.20. The molecule has 1 saturated heterocycles. The van der Waals surface area contributed by atoms with Crippen LogP contribution in [-0.4, -0.2) is 34.8 Å². The Morgan fingerprint density at radius 1 is 1.14 bits per heavy atom. The molecule has 1 fully saturated rings. The maximum Gasteiger partial charge on any atom is 0.414 e. The molecule has 2 heterocycles. The van der Waals surface area contributed by atoms with Gasteiger partial charge in [-0.1, -0.05) is 42.5 Å². The topological polar surface area (TPSA) is 64.4 Å². The second-order valence-electron chi connectivity index (χ2n) is 6.47. The van der Waals surface area contributed by atoms with Gasteiger partial charge < -0.3 is 4.74 Å². The van der Waals surface area contributed by atoms with Crippen molar-refractivity contribution in [1.82, 2.24) is 9.78 Å². The van der Waals surface area contributed by atoms with E-state index in [0.717, 1.165) is 11.1 Å².